The van der Waals surface area contributed by atoms with Crippen molar-refractivity contribution in [2.24, 2.45) is 0 Å². The standard InChI is InChI=1S/C13H17N3O3S2/c1-7-8-10(17)15-6-16-12(8)21-9(7)11(18)14-4-13(2,19)5-20-3/h6,19H,4-5H2,1-3H3,(H,14,18)(H,15,16,17). The Labute approximate surface area is 130 Å². The van der Waals surface area contributed by atoms with Crippen molar-refractivity contribution in [3.63, 3.8) is 0 Å². The molecule has 2 rings (SSSR count). The van der Waals surface area contributed by atoms with Gasteiger partial charge in [-0.2, -0.15) is 11.8 Å². The summed E-state index contributed by atoms with van der Waals surface area (Å²) in [5.74, 6) is 0.233. The van der Waals surface area contributed by atoms with Crippen LogP contribution in [0.15, 0.2) is 11.1 Å². The van der Waals surface area contributed by atoms with Gasteiger partial charge in [-0.05, 0) is 25.7 Å². The molecular weight excluding hydrogens is 310 g/mol. The van der Waals surface area contributed by atoms with Crippen molar-refractivity contribution in [1.82, 2.24) is 15.3 Å². The average molecular weight is 327 g/mol. The molecule has 8 heteroatoms. The molecule has 6 nitrogen and oxygen atoms in total. The summed E-state index contributed by atoms with van der Waals surface area (Å²) in [6.45, 7) is 3.56. The minimum Gasteiger partial charge on any atom is -0.387 e. The quantitative estimate of drug-likeness (QED) is 0.765. The van der Waals surface area contributed by atoms with Crippen molar-refractivity contribution in [2.75, 3.05) is 18.6 Å². The van der Waals surface area contributed by atoms with E-state index in [0.29, 0.717) is 26.4 Å². The number of hydrogen-bond donors (Lipinski definition) is 3. The number of H-pyrrole nitrogens is 1. The van der Waals surface area contributed by atoms with Crippen molar-refractivity contribution in [2.45, 2.75) is 19.4 Å². The Hall–Kier alpha value is -1.38. The molecule has 114 valence electrons. The van der Waals surface area contributed by atoms with Crippen LogP contribution >= 0.6 is 23.1 Å². The van der Waals surface area contributed by atoms with E-state index in [-0.39, 0.29) is 18.0 Å². The molecule has 0 aliphatic carbocycles. The fraction of sp³-hybridized carbons (Fsp3) is 0.462. The van der Waals surface area contributed by atoms with Crippen molar-refractivity contribution < 1.29 is 9.90 Å². The minimum absolute atomic E-state index is 0.157. The monoisotopic (exact) mass is 327 g/mol. The lowest BCUT2D eigenvalue weighted by molar-refractivity contribution is 0.0727. The highest BCUT2D eigenvalue weighted by molar-refractivity contribution is 7.98. The second-order valence-corrected chi connectivity index (χ2v) is 6.95. The number of aromatic nitrogens is 2. The Morgan fingerprint density at radius 3 is 2.95 bits per heavy atom. The van der Waals surface area contributed by atoms with Crippen LogP contribution in [-0.4, -0.2) is 45.1 Å². The fourth-order valence-electron chi connectivity index (χ4n) is 2.01. The summed E-state index contributed by atoms with van der Waals surface area (Å²) in [6.07, 6.45) is 3.22. The lowest BCUT2D eigenvalue weighted by Crippen LogP contribution is -2.42. The van der Waals surface area contributed by atoms with Crippen molar-refractivity contribution in [3.8, 4) is 0 Å². The number of rotatable bonds is 5. The van der Waals surface area contributed by atoms with Crippen LogP contribution in [0, 0.1) is 6.92 Å². The molecule has 2 aromatic heterocycles. The summed E-state index contributed by atoms with van der Waals surface area (Å²) in [5, 5.41) is 13.2. The van der Waals surface area contributed by atoms with Gasteiger partial charge in [0, 0.05) is 12.3 Å². The van der Waals surface area contributed by atoms with Crippen LogP contribution in [-0.2, 0) is 0 Å². The number of nitrogens with one attached hydrogen (secondary N) is 2. The van der Waals surface area contributed by atoms with Crippen LogP contribution in [0.4, 0.5) is 0 Å². The lowest BCUT2D eigenvalue weighted by Gasteiger charge is -2.22. The highest BCUT2D eigenvalue weighted by Crippen LogP contribution is 2.26. The van der Waals surface area contributed by atoms with E-state index >= 15 is 0 Å². The molecule has 1 unspecified atom stereocenters. The summed E-state index contributed by atoms with van der Waals surface area (Å²) in [5.41, 5.74) is -0.594. The highest BCUT2D eigenvalue weighted by atomic mass is 32.2. The highest BCUT2D eigenvalue weighted by Gasteiger charge is 2.23. The first-order valence-corrected chi connectivity index (χ1v) is 8.53. The van der Waals surface area contributed by atoms with Gasteiger partial charge >= 0.3 is 0 Å². The van der Waals surface area contributed by atoms with E-state index in [2.05, 4.69) is 15.3 Å². The zero-order chi connectivity index (χ0) is 15.6. The van der Waals surface area contributed by atoms with Crippen LogP contribution in [0.2, 0.25) is 0 Å². The Morgan fingerprint density at radius 1 is 1.62 bits per heavy atom. The third kappa shape index (κ3) is 3.45. The van der Waals surface area contributed by atoms with Gasteiger partial charge in [0.2, 0.25) is 0 Å². The smallest absolute Gasteiger partial charge is 0.261 e. The number of nitrogens with zero attached hydrogens (tertiary/aromatic N) is 1. The van der Waals surface area contributed by atoms with Crippen molar-refractivity contribution in [3.05, 3.63) is 27.1 Å². The number of fused-ring (bicyclic) bond motifs is 1. The molecule has 2 heterocycles. The topological polar surface area (TPSA) is 95.1 Å². The molecule has 0 fully saturated rings. The van der Waals surface area contributed by atoms with Crippen LogP contribution in [0.5, 0.6) is 0 Å². The van der Waals surface area contributed by atoms with Gasteiger partial charge in [0.25, 0.3) is 11.5 Å². The molecule has 21 heavy (non-hydrogen) atoms. The van der Waals surface area contributed by atoms with Gasteiger partial charge in [0.1, 0.15) is 4.83 Å². The number of aryl methyl sites for hydroxylation is 1. The van der Waals surface area contributed by atoms with E-state index in [4.69, 9.17) is 0 Å². The van der Waals surface area contributed by atoms with Crippen molar-refractivity contribution >= 4 is 39.2 Å². The Kier molecular flexibility index (Phi) is 4.70. The van der Waals surface area contributed by atoms with Gasteiger partial charge in [0.15, 0.2) is 0 Å². The zero-order valence-electron chi connectivity index (χ0n) is 12.0. The third-order valence-corrected chi connectivity index (χ3v) is 5.13. The third-order valence-electron chi connectivity index (χ3n) is 3.02. The molecule has 1 amide bonds. The second kappa shape index (κ2) is 6.17. The Balaban J connectivity index is 2.23. The number of thioether (sulfide) groups is 1. The molecule has 0 bridgehead atoms. The molecule has 1 atom stereocenters. The maximum Gasteiger partial charge on any atom is 0.261 e. The van der Waals surface area contributed by atoms with Crippen LogP contribution in [0.3, 0.4) is 0 Å². The number of thiophene rings is 1. The fourth-order valence-corrected chi connectivity index (χ4v) is 3.80. The van der Waals surface area contributed by atoms with E-state index in [1.807, 2.05) is 6.26 Å². The number of aliphatic hydroxyl groups is 1. The van der Waals surface area contributed by atoms with E-state index in [1.54, 1.807) is 13.8 Å². The number of hydrogen-bond acceptors (Lipinski definition) is 6. The van der Waals surface area contributed by atoms with Gasteiger partial charge < -0.3 is 15.4 Å². The Morgan fingerprint density at radius 2 is 2.33 bits per heavy atom. The van der Waals surface area contributed by atoms with Gasteiger partial charge in [0.05, 0.1) is 22.2 Å². The number of amides is 1. The zero-order valence-corrected chi connectivity index (χ0v) is 13.7. The molecule has 0 saturated heterocycles. The molecular formula is C13H17N3O3S2. The molecule has 0 aliphatic heterocycles. The van der Waals surface area contributed by atoms with Crippen molar-refractivity contribution in [1.29, 1.82) is 0 Å². The first-order chi connectivity index (χ1) is 9.85. The average Bonchev–Trinajstić information content (AvgIpc) is 2.75. The van der Waals surface area contributed by atoms with Gasteiger partial charge in [-0.1, -0.05) is 0 Å². The van der Waals surface area contributed by atoms with Crippen LogP contribution in [0.25, 0.3) is 10.2 Å². The summed E-state index contributed by atoms with van der Waals surface area (Å²) in [7, 11) is 0. The van der Waals surface area contributed by atoms with Crippen LogP contribution < -0.4 is 10.9 Å². The van der Waals surface area contributed by atoms with E-state index < -0.39 is 5.60 Å². The second-order valence-electron chi connectivity index (χ2n) is 5.08. The molecule has 0 saturated carbocycles. The molecule has 0 radical (unpaired) electrons. The predicted molar refractivity (Wildman–Crippen MR) is 86.3 cm³/mol. The maximum atomic E-state index is 12.2. The largest absolute Gasteiger partial charge is 0.387 e. The SMILES string of the molecule is CSCC(C)(O)CNC(=O)c1sc2nc[nH]c(=O)c2c1C. The molecule has 0 aliphatic rings. The molecule has 3 N–H and O–H groups in total. The van der Waals surface area contributed by atoms with Gasteiger partial charge in [-0.25, -0.2) is 4.98 Å². The van der Waals surface area contributed by atoms with Gasteiger partial charge in [-0.15, -0.1) is 11.3 Å². The normalized spacial score (nSPS) is 14.1. The first-order valence-electron chi connectivity index (χ1n) is 6.32. The summed E-state index contributed by atoms with van der Waals surface area (Å²) < 4.78 is 0. The van der Waals surface area contributed by atoms with Crippen LogP contribution in [0.1, 0.15) is 22.2 Å². The lowest BCUT2D eigenvalue weighted by atomic mass is 10.1. The van der Waals surface area contributed by atoms with E-state index in [1.165, 1.54) is 29.4 Å². The van der Waals surface area contributed by atoms with E-state index in [9.17, 15) is 14.7 Å². The summed E-state index contributed by atoms with van der Waals surface area (Å²) in [6, 6.07) is 0. The predicted octanol–water partition coefficient (Wildman–Crippen LogP) is 1.14. The number of carbonyl (C=O) groups excluding carboxylic acids is 1. The number of aromatic amines is 1. The van der Waals surface area contributed by atoms with Gasteiger partial charge in [-0.3, -0.25) is 9.59 Å². The summed E-state index contributed by atoms with van der Waals surface area (Å²) >= 11 is 2.69. The maximum absolute atomic E-state index is 12.2. The van der Waals surface area contributed by atoms with E-state index in [0.717, 1.165) is 0 Å². The molecule has 0 aromatic carbocycles. The molecule has 0 spiro atoms. The Bertz CT molecular complexity index is 721. The first kappa shape index (κ1) is 16.0. The summed E-state index contributed by atoms with van der Waals surface area (Å²) in [4.78, 5) is 31.6. The number of carbonyl (C=O) groups is 1. The molecule has 2 aromatic rings. The minimum atomic E-state index is -0.963.